The quantitative estimate of drug-likeness (QED) is 0.693. The largest absolute Gasteiger partial charge is 0.395 e. The Hall–Kier alpha value is -0.170. The number of aliphatic hydroxyl groups excluding tert-OH is 1. The Balaban J connectivity index is 4.52. The molecule has 1 unspecified atom stereocenters. The Bertz CT molecular complexity index is 267. The van der Waals surface area contributed by atoms with Crippen molar-refractivity contribution in [3.05, 3.63) is 0 Å². The van der Waals surface area contributed by atoms with E-state index in [0.29, 0.717) is 6.54 Å². The highest BCUT2D eigenvalue weighted by Gasteiger charge is 2.26. The molecule has 15 heavy (non-hydrogen) atoms. The summed E-state index contributed by atoms with van der Waals surface area (Å²) < 4.78 is 26.3. The Morgan fingerprint density at radius 2 is 1.87 bits per heavy atom. The van der Waals surface area contributed by atoms with Gasteiger partial charge in [-0.05, 0) is 13.3 Å². The molecule has 0 aromatic carbocycles. The SMILES string of the molecule is CCCCN(C)S(=O)(=O)N(C)C(C)CO. The summed E-state index contributed by atoms with van der Waals surface area (Å²) in [5, 5.41) is 8.90. The van der Waals surface area contributed by atoms with Crippen LogP contribution >= 0.6 is 0 Å². The standard InChI is InChI=1S/C9H22N2O3S/c1-5-6-7-10(3)15(13,14)11(4)9(2)8-12/h9,12H,5-8H2,1-4H3. The second-order valence-electron chi connectivity index (χ2n) is 3.73. The maximum Gasteiger partial charge on any atom is 0.281 e. The fraction of sp³-hybridized carbons (Fsp3) is 1.00. The smallest absolute Gasteiger partial charge is 0.281 e. The normalized spacial score (nSPS) is 14.9. The highest BCUT2D eigenvalue weighted by atomic mass is 32.2. The number of unbranched alkanes of at least 4 members (excludes halogenated alkanes) is 1. The lowest BCUT2D eigenvalue weighted by Gasteiger charge is -2.27. The first-order valence-electron chi connectivity index (χ1n) is 5.18. The van der Waals surface area contributed by atoms with Crippen LogP contribution in [0, 0.1) is 0 Å². The third-order valence-corrected chi connectivity index (χ3v) is 4.53. The summed E-state index contributed by atoms with van der Waals surface area (Å²) in [6, 6.07) is -0.390. The second kappa shape index (κ2) is 6.42. The molecule has 1 N–H and O–H groups in total. The zero-order chi connectivity index (χ0) is 12.1. The van der Waals surface area contributed by atoms with E-state index in [1.54, 1.807) is 14.0 Å². The van der Waals surface area contributed by atoms with Crippen molar-refractivity contribution in [1.82, 2.24) is 8.61 Å². The molecule has 0 radical (unpaired) electrons. The van der Waals surface area contributed by atoms with Gasteiger partial charge in [0.2, 0.25) is 0 Å². The van der Waals surface area contributed by atoms with Crippen LogP contribution in [0.3, 0.4) is 0 Å². The Labute approximate surface area is 92.9 Å². The average Bonchev–Trinajstić information content (AvgIpc) is 2.23. The van der Waals surface area contributed by atoms with Crippen molar-refractivity contribution in [3.8, 4) is 0 Å². The third-order valence-electron chi connectivity index (χ3n) is 2.47. The molecule has 0 amide bonds. The molecular formula is C9H22N2O3S. The molecule has 0 saturated heterocycles. The van der Waals surface area contributed by atoms with Crippen LogP contribution in [-0.4, -0.2) is 55.4 Å². The van der Waals surface area contributed by atoms with Crippen LogP contribution in [0.15, 0.2) is 0 Å². The molecule has 0 spiro atoms. The zero-order valence-corrected chi connectivity index (χ0v) is 10.8. The van der Waals surface area contributed by atoms with Crippen molar-refractivity contribution in [2.24, 2.45) is 0 Å². The van der Waals surface area contributed by atoms with Gasteiger partial charge in [-0.3, -0.25) is 0 Å². The Kier molecular flexibility index (Phi) is 6.35. The monoisotopic (exact) mass is 238 g/mol. The molecule has 1 atom stereocenters. The molecule has 0 saturated carbocycles. The summed E-state index contributed by atoms with van der Waals surface area (Å²) in [5.74, 6) is 0. The molecule has 0 aliphatic heterocycles. The number of rotatable bonds is 7. The van der Waals surface area contributed by atoms with Gasteiger partial charge in [0.1, 0.15) is 0 Å². The average molecular weight is 238 g/mol. The zero-order valence-electron chi connectivity index (χ0n) is 9.97. The van der Waals surface area contributed by atoms with Crippen molar-refractivity contribution in [1.29, 1.82) is 0 Å². The van der Waals surface area contributed by atoms with Crippen molar-refractivity contribution >= 4 is 10.2 Å². The first-order valence-corrected chi connectivity index (χ1v) is 6.57. The minimum absolute atomic E-state index is 0.169. The maximum atomic E-state index is 11.9. The van der Waals surface area contributed by atoms with Gasteiger partial charge in [-0.25, -0.2) is 0 Å². The van der Waals surface area contributed by atoms with Gasteiger partial charge < -0.3 is 5.11 Å². The van der Waals surface area contributed by atoms with Gasteiger partial charge >= 0.3 is 0 Å². The predicted octanol–water partition coefficient (Wildman–Crippen LogP) is 0.276. The van der Waals surface area contributed by atoms with Crippen LogP contribution < -0.4 is 0 Å². The molecule has 0 fully saturated rings. The van der Waals surface area contributed by atoms with E-state index in [-0.39, 0.29) is 12.6 Å². The number of hydrogen-bond donors (Lipinski definition) is 1. The van der Waals surface area contributed by atoms with Crippen LogP contribution in [-0.2, 0) is 10.2 Å². The minimum Gasteiger partial charge on any atom is -0.395 e. The molecule has 0 bridgehead atoms. The van der Waals surface area contributed by atoms with Gasteiger partial charge in [-0.1, -0.05) is 13.3 Å². The molecule has 5 nitrogen and oxygen atoms in total. The molecule has 6 heteroatoms. The van der Waals surface area contributed by atoms with E-state index in [4.69, 9.17) is 5.11 Å². The summed E-state index contributed by atoms with van der Waals surface area (Å²) in [5.41, 5.74) is 0. The van der Waals surface area contributed by atoms with E-state index < -0.39 is 10.2 Å². The molecule has 0 aromatic rings. The first-order chi connectivity index (χ1) is 6.87. The molecule has 0 aliphatic rings. The van der Waals surface area contributed by atoms with Gasteiger partial charge in [-0.15, -0.1) is 0 Å². The van der Waals surface area contributed by atoms with Crippen LogP contribution in [0.1, 0.15) is 26.7 Å². The second-order valence-corrected chi connectivity index (χ2v) is 5.83. The molecule has 0 heterocycles. The van der Waals surface area contributed by atoms with Crippen molar-refractivity contribution in [2.45, 2.75) is 32.7 Å². The summed E-state index contributed by atoms with van der Waals surface area (Å²) in [6.07, 6.45) is 1.80. The fourth-order valence-corrected chi connectivity index (χ4v) is 2.38. The summed E-state index contributed by atoms with van der Waals surface area (Å²) >= 11 is 0. The van der Waals surface area contributed by atoms with Gasteiger partial charge in [0.15, 0.2) is 0 Å². The molecule has 0 rings (SSSR count). The third kappa shape index (κ3) is 4.06. The van der Waals surface area contributed by atoms with Crippen LogP contribution in [0.25, 0.3) is 0 Å². The summed E-state index contributed by atoms with van der Waals surface area (Å²) in [7, 11) is -0.370. The van der Waals surface area contributed by atoms with Crippen LogP contribution in [0.4, 0.5) is 0 Å². The highest BCUT2D eigenvalue weighted by Crippen LogP contribution is 2.08. The highest BCUT2D eigenvalue weighted by molar-refractivity contribution is 7.86. The lowest BCUT2D eigenvalue weighted by molar-refractivity contribution is 0.207. The van der Waals surface area contributed by atoms with Crippen molar-refractivity contribution < 1.29 is 13.5 Å². The molecule has 92 valence electrons. The summed E-state index contributed by atoms with van der Waals surface area (Å²) in [6.45, 7) is 4.03. The number of aliphatic hydroxyl groups is 1. The lowest BCUT2D eigenvalue weighted by Crippen LogP contribution is -2.45. The van der Waals surface area contributed by atoms with Crippen molar-refractivity contribution in [2.75, 3.05) is 27.2 Å². The number of hydrogen-bond acceptors (Lipinski definition) is 3. The topological polar surface area (TPSA) is 60.9 Å². The van der Waals surface area contributed by atoms with E-state index in [9.17, 15) is 8.42 Å². The molecule has 0 aromatic heterocycles. The summed E-state index contributed by atoms with van der Waals surface area (Å²) in [4.78, 5) is 0. The minimum atomic E-state index is -3.42. The van der Waals surface area contributed by atoms with Crippen LogP contribution in [0.5, 0.6) is 0 Å². The van der Waals surface area contributed by atoms with Gasteiger partial charge in [0, 0.05) is 26.7 Å². The van der Waals surface area contributed by atoms with Crippen molar-refractivity contribution in [3.63, 3.8) is 0 Å². The van der Waals surface area contributed by atoms with Crippen LogP contribution in [0.2, 0.25) is 0 Å². The predicted molar refractivity (Wildman–Crippen MR) is 60.8 cm³/mol. The Morgan fingerprint density at radius 3 is 2.27 bits per heavy atom. The fourth-order valence-electron chi connectivity index (χ4n) is 1.06. The molecular weight excluding hydrogens is 216 g/mol. The van der Waals surface area contributed by atoms with E-state index >= 15 is 0 Å². The van der Waals surface area contributed by atoms with E-state index in [0.717, 1.165) is 12.8 Å². The maximum absolute atomic E-state index is 11.9. The number of nitrogens with zero attached hydrogens (tertiary/aromatic N) is 2. The van der Waals surface area contributed by atoms with E-state index in [1.165, 1.54) is 15.7 Å². The van der Waals surface area contributed by atoms with Gasteiger partial charge in [0.05, 0.1) is 6.61 Å². The number of likely N-dealkylation sites (N-methyl/N-ethyl adjacent to an activating group) is 1. The van der Waals surface area contributed by atoms with Gasteiger partial charge in [0.25, 0.3) is 10.2 Å². The molecule has 0 aliphatic carbocycles. The lowest BCUT2D eigenvalue weighted by atomic mass is 10.3. The van der Waals surface area contributed by atoms with Gasteiger partial charge in [-0.2, -0.15) is 17.0 Å². The first kappa shape index (κ1) is 14.8. The Morgan fingerprint density at radius 1 is 1.33 bits per heavy atom. The van der Waals surface area contributed by atoms with E-state index in [2.05, 4.69) is 0 Å². The van der Waals surface area contributed by atoms with E-state index in [1.807, 2.05) is 6.92 Å².